The van der Waals surface area contributed by atoms with Gasteiger partial charge in [-0.25, -0.2) is 13.2 Å². The number of nitrogen functional groups attached to an aromatic ring is 1. The van der Waals surface area contributed by atoms with E-state index in [0.29, 0.717) is 13.1 Å². The Balaban J connectivity index is 1.54. The maximum absolute atomic E-state index is 13.2. The van der Waals surface area contributed by atoms with E-state index in [2.05, 4.69) is 0 Å². The molecule has 3 aromatic rings. The summed E-state index contributed by atoms with van der Waals surface area (Å²) in [5, 5.41) is 1.71. The fraction of sp³-hybridized carbons (Fsp3) is 0.348. The van der Waals surface area contributed by atoms with Gasteiger partial charge in [-0.2, -0.15) is 4.31 Å². The molecule has 35 heavy (non-hydrogen) atoms. The van der Waals surface area contributed by atoms with Crippen LogP contribution < -0.4 is 17.0 Å². The average Bonchev–Trinajstić information content (AvgIpc) is 3.39. The standard InChI is InChI=1S/C23H27N5O5S2/c1-2-27-22(30)20(21(24)28(23(27)31)15-17-7-4-3-5-8-17)18(29)16-25-10-12-26(13-11-25)35(32,33)19-9-6-14-34-19/h3-9,14H,2,10-13,15-16,24H2,1H3. The molecule has 0 atom stereocenters. The van der Waals surface area contributed by atoms with Crippen LogP contribution in [-0.4, -0.2) is 65.3 Å². The van der Waals surface area contributed by atoms with Gasteiger partial charge in [-0.05, 0) is 23.9 Å². The van der Waals surface area contributed by atoms with E-state index < -0.39 is 27.1 Å². The van der Waals surface area contributed by atoms with Gasteiger partial charge in [-0.1, -0.05) is 36.4 Å². The molecule has 1 fully saturated rings. The SMILES string of the molecule is CCn1c(=O)c(C(=O)CN2CCN(S(=O)(=O)c3cccs3)CC2)c(N)n(Cc2ccccc2)c1=O. The average molecular weight is 518 g/mol. The van der Waals surface area contributed by atoms with Crippen molar-refractivity contribution in [2.45, 2.75) is 24.2 Å². The van der Waals surface area contributed by atoms with Crippen LogP contribution in [0.25, 0.3) is 0 Å². The fourth-order valence-electron chi connectivity index (χ4n) is 4.12. The second-order valence-corrected chi connectivity index (χ2v) is 11.3. The molecule has 186 valence electrons. The Labute approximate surface area is 206 Å². The first-order chi connectivity index (χ1) is 16.7. The molecule has 2 N–H and O–H groups in total. The Kier molecular flexibility index (Phi) is 7.36. The number of anilines is 1. The van der Waals surface area contributed by atoms with Gasteiger partial charge in [0, 0.05) is 32.7 Å². The molecule has 1 saturated heterocycles. The van der Waals surface area contributed by atoms with Gasteiger partial charge in [0.25, 0.3) is 15.6 Å². The molecule has 12 heteroatoms. The number of aromatic nitrogens is 2. The van der Waals surface area contributed by atoms with Gasteiger partial charge in [0.05, 0.1) is 13.1 Å². The summed E-state index contributed by atoms with van der Waals surface area (Å²) in [6.07, 6.45) is 0. The van der Waals surface area contributed by atoms with Gasteiger partial charge in [0.15, 0.2) is 5.78 Å². The summed E-state index contributed by atoms with van der Waals surface area (Å²) >= 11 is 1.17. The molecular formula is C23H27N5O5S2. The number of ketones is 1. The molecule has 0 saturated carbocycles. The number of rotatable bonds is 8. The molecule has 1 aliphatic rings. The quantitative estimate of drug-likeness (QED) is 0.440. The zero-order valence-corrected chi connectivity index (χ0v) is 20.9. The molecule has 0 spiro atoms. The van der Waals surface area contributed by atoms with E-state index in [1.54, 1.807) is 29.3 Å². The largest absolute Gasteiger partial charge is 0.384 e. The van der Waals surface area contributed by atoms with Gasteiger partial charge >= 0.3 is 5.69 Å². The number of carbonyl (C=O) groups is 1. The zero-order valence-electron chi connectivity index (χ0n) is 19.3. The van der Waals surface area contributed by atoms with Crippen molar-refractivity contribution >= 4 is 33.0 Å². The Morgan fingerprint density at radius 3 is 2.29 bits per heavy atom. The molecule has 0 unspecified atom stereocenters. The molecular weight excluding hydrogens is 490 g/mol. The van der Waals surface area contributed by atoms with Crippen LogP contribution in [0.5, 0.6) is 0 Å². The third kappa shape index (κ3) is 5.01. The van der Waals surface area contributed by atoms with Crippen molar-refractivity contribution in [3.05, 3.63) is 79.8 Å². The predicted octanol–water partition coefficient (Wildman–Crippen LogP) is 0.911. The minimum Gasteiger partial charge on any atom is -0.384 e. The second kappa shape index (κ2) is 10.3. The normalized spacial score (nSPS) is 15.3. The lowest BCUT2D eigenvalue weighted by atomic mass is 10.1. The lowest BCUT2D eigenvalue weighted by Crippen LogP contribution is -2.50. The van der Waals surface area contributed by atoms with Crippen LogP contribution in [0, 0.1) is 0 Å². The number of carbonyl (C=O) groups excluding carboxylic acids is 1. The molecule has 1 aliphatic heterocycles. The first kappa shape index (κ1) is 25.0. The van der Waals surface area contributed by atoms with Crippen LogP contribution in [0.15, 0.2) is 61.6 Å². The fourth-order valence-corrected chi connectivity index (χ4v) is 6.69. The van der Waals surface area contributed by atoms with E-state index in [-0.39, 0.29) is 48.3 Å². The molecule has 10 nitrogen and oxygen atoms in total. The molecule has 3 heterocycles. The number of benzene rings is 1. The first-order valence-corrected chi connectivity index (χ1v) is 13.5. The number of nitrogens with zero attached hydrogens (tertiary/aromatic N) is 4. The van der Waals surface area contributed by atoms with E-state index >= 15 is 0 Å². The molecule has 1 aromatic carbocycles. The Hall–Kier alpha value is -3.06. The van der Waals surface area contributed by atoms with Crippen LogP contribution >= 0.6 is 11.3 Å². The van der Waals surface area contributed by atoms with Crippen LogP contribution in [0.2, 0.25) is 0 Å². The topological polar surface area (TPSA) is 128 Å². The number of piperazine rings is 1. The molecule has 0 aliphatic carbocycles. The van der Waals surface area contributed by atoms with Gasteiger partial charge in [-0.3, -0.25) is 23.6 Å². The third-order valence-electron chi connectivity index (χ3n) is 6.03. The first-order valence-electron chi connectivity index (χ1n) is 11.2. The van der Waals surface area contributed by atoms with Gasteiger partial charge in [0.1, 0.15) is 15.6 Å². The third-order valence-corrected chi connectivity index (χ3v) is 9.31. The van der Waals surface area contributed by atoms with Gasteiger partial charge in [0.2, 0.25) is 0 Å². The van der Waals surface area contributed by atoms with Crippen molar-refractivity contribution in [3.63, 3.8) is 0 Å². The highest BCUT2D eigenvalue weighted by atomic mass is 32.2. The van der Waals surface area contributed by atoms with E-state index in [1.165, 1.54) is 20.2 Å². The van der Waals surface area contributed by atoms with E-state index in [1.807, 2.05) is 30.3 Å². The monoisotopic (exact) mass is 517 g/mol. The van der Waals surface area contributed by atoms with Crippen molar-refractivity contribution < 1.29 is 13.2 Å². The number of Topliss-reactive ketones (excluding diaryl/α,β-unsaturated/α-hetero) is 1. The van der Waals surface area contributed by atoms with E-state index in [4.69, 9.17) is 5.73 Å². The highest BCUT2D eigenvalue weighted by molar-refractivity contribution is 7.91. The highest BCUT2D eigenvalue weighted by Crippen LogP contribution is 2.22. The van der Waals surface area contributed by atoms with Gasteiger partial charge in [-0.15, -0.1) is 11.3 Å². The molecule has 2 aromatic heterocycles. The molecule has 0 bridgehead atoms. The minimum atomic E-state index is -3.56. The summed E-state index contributed by atoms with van der Waals surface area (Å²) in [6.45, 7) is 2.93. The van der Waals surface area contributed by atoms with Crippen molar-refractivity contribution in [2.24, 2.45) is 0 Å². The minimum absolute atomic E-state index is 0.0976. The summed E-state index contributed by atoms with van der Waals surface area (Å²) in [6, 6.07) is 12.4. The second-order valence-electron chi connectivity index (χ2n) is 8.20. The summed E-state index contributed by atoms with van der Waals surface area (Å²) in [7, 11) is -3.56. The molecule has 0 radical (unpaired) electrons. The summed E-state index contributed by atoms with van der Waals surface area (Å²) in [4.78, 5) is 40.9. The number of hydrogen-bond donors (Lipinski definition) is 1. The van der Waals surface area contributed by atoms with Crippen molar-refractivity contribution in [3.8, 4) is 0 Å². The zero-order chi connectivity index (χ0) is 25.2. The van der Waals surface area contributed by atoms with Gasteiger partial charge < -0.3 is 5.73 Å². The van der Waals surface area contributed by atoms with Crippen molar-refractivity contribution in [1.82, 2.24) is 18.3 Å². The number of nitrogens with two attached hydrogens (primary N) is 1. The highest BCUT2D eigenvalue weighted by Gasteiger charge is 2.31. The Morgan fingerprint density at radius 1 is 1.00 bits per heavy atom. The lowest BCUT2D eigenvalue weighted by molar-refractivity contribution is 0.0899. The Morgan fingerprint density at radius 2 is 1.69 bits per heavy atom. The maximum Gasteiger partial charge on any atom is 0.332 e. The van der Waals surface area contributed by atoms with Crippen LogP contribution in [0.4, 0.5) is 5.82 Å². The van der Waals surface area contributed by atoms with Crippen molar-refractivity contribution in [1.29, 1.82) is 0 Å². The number of thiophene rings is 1. The predicted molar refractivity (Wildman–Crippen MR) is 134 cm³/mol. The summed E-state index contributed by atoms with van der Waals surface area (Å²) < 4.78 is 29.4. The molecule has 4 rings (SSSR count). The van der Waals surface area contributed by atoms with E-state index in [0.717, 1.165) is 10.1 Å². The van der Waals surface area contributed by atoms with Crippen molar-refractivity contribution in [2.75, 3.05) is 38.5 Å². The van der Waals surface area contributed by atoms with E-state index in [9.17, 15) is 22.8 Å². The van der Waals surface area contributed by atoms with Crippen LogP contribution in [0.1, 0.15) is 22.8 Å². The maximum atomic E-state index is 13.2. The lowest BCUT2D eigenvalue weighted by Gasteiger charge is -2.33. The summed E-state index contributed by atoms with van der Waals surface area (Å²) in [5.41, 5.74) is 5.54. The smallest absolute Gasteiger partial charge is 0.332 e. The Bertz CT molecular complexity index is 1420. The molecule has 0 amide bonds. The van der Waals surface area contributed by atoms with Crippen LogP contribution in [-0.2, 0) is 23.1 Å². The summed E-state index contributed by atoms with van der Waals surface area (Å²) in [5.74, 6) is -0.650. The number of sulfonamides is 1. The number of hydrogen-bond acceptors (Lipinski definition) is 8. The van der Waals surface area contributed by atoms with Crippen LogP contribution in [0.3, 0.4) is 0 Å².